The minimum atomic E-state index is 1.10. The summed E-state index contributed by atoms with van der Waals surface area (Å²) in [6.07, 6.45) is 12.0. The van der Waals surface area contributed by atoms with E-state index in [1.54, 1.807) is 11.1 Å². The van der Waals surface area contributed by atoms with Crippen LogP contribution in [0.15, 0.2) is 121 Å². The molecule has 1 aliphatic carbocycles. The Balaban J connectivity index is 0.000000133. The fraction of sp³-hybridized carbons (Fsp3) is 0.286. The van der Waals surface area contributed by atoms with E-state index in [0.29, 0.717) is 0 Å². The van der Waals surface area contributed by atoms with E-state index in [0.717, 1.165) is 19.3 Å². The minimum absolute atomic E-state index is 1.10. The van der Waals surface area contributed by atoms with Gasteiger partial charge in [0, 0.05) is 17.1 Å². The van der Waals surface area contributed by atoms with Gasteiger partial charge < -0.3 is 4.98 Å². The summed E-state index contributed by atoms with van der Waals surface area (Å²) in [5.74, 6) is 0. The quantitative estimate of drug-likeness (QED) is 0.218. The number of aromatic nitrogens is 1. The van der Waals surface area contributed by atoms with Crippen molar-refractivity contribution in [1.29, 1.82) is 0 Å². The monoisotopic (exact) mass is 567 g/mol. The molecule has 1 N–H and O–H groups in total. The number of hydrogen-bond acceptors (Lipinski definition) is 0. The maximum absolute atomic E-state index is 3.24. The largest absolute Gasteiger partial charge is 0.361 e. The Morgan fingerprint density at radius 1 is 0.488 bits per heavy atom. The van der Waals surface area contributed by atoms with Crippen molar-refractivity contribution < 1.29 is 0 Å². The van der Waals surface area contributed by atoms with E-state index in [4.69, 9.17) is 0 Å². The molecule has 0 aliphatic heterocycles. The van der Waals surface area contributed by atoms with Gasteiger partial charge in [-0.15, -0.1) is 0 Å². The van der Waals surface area contributed by atoms with Gasteiger partial charge in [-0.05, 0) is 102 Å². The number of para-hydroxylation sites is 1. The van der Waals surface area contributed by atoms with Gasteiger partial charge >= 0.3 is 0 Å². The Morgan fingerprint density at radius 2 is 1.09 bits per heavy atom. The zero-order valence-electron chi connectivity index (χ0n) is 26.7. The molecule has 0 saturated heterocycles. The van der Waals surface area contributed by atoms with Crippen molar-refractivity contribution in [2.75, 3.05) is 0 Å². The van der Waals surface area contributed by atoms with Crippen LogP contribution in [0.4, 0.5) is 0 Å². The number of fused-ring (bicyclic) bond motifs is 3. The van der Waals surface area contributed by atoms with Gasteiger partial charge in [-0.1, -0.05) is 137 Å². The fourth-order valence-corrected chi connectivity index (χ4v) is 5.60. The first-order valence-electron chi connectivity index (χ1n) is 16.3. The molecule has 1 aromatic heterocycles. The summed E-state index contributed by atoms with van der Waals surface area (Å²) in [5.41, 5.74) is 10.2. The summed E-state index contributed by atoms with van der Waals surface area (Å²) >= 11 is 0. The molecule has 0 atom stereocenters. The number of aromatic amines is 1. The lowest BCUT2D eigenvalue weighted by Gasteiger charge is -2.15. The molecule has 1 nitrogen and oxygen atoms in total. The molecule has 0 saturated carbocycles. The van der Waals surface area contributed by atoms with Gasteiger partial charge in [0.2, 0.25) is 0 Å². The molecule has 1 heterocycles. The summed E-state index contributed by atoms with van der Waals surface area (Å²) in [6.45, 7) is 8.75. The van der Waals surface area contributed by atoms with Crippen LogP contribution in [0.5, 0.6) is 0 Å². The van der Waals surface area contributed by atoms with Gasteiger partial charge in [-0.3, -0.25) is 0 Å². The molecule has 1 heteroatoms. The average molecular weight is 568 g/mol. The first kappa shape index (κ1) is 31.8. The third-order valence-electron chi connectivity index (χ3n) is 8.35. The second-order valence-electron chi connectivity index (χ2n) is 11.3. The average Bonchev–Trinajstić information content (AvgIpc) is 3.52. The van der Waals surface area contributed by atoms with Crippen LogP contribution >= 0.6 is 0 Å². The van der Waals surface area contributed by atoms with Crippen LogP contribution < -0.4 is 0 Å². The molecule has 0 amide bonds. The van der Waals surface area contributed by atoms with E-state index in [1.165, 1.54) is 76.0 Å². The molecule has 0 radical (unpaired) electrons. The molecular weight excluding hydrogens is 518 g/mol. The van der Waals surface area contributed by atoms with E-state index < -0.39 is 0 Å². The van der Waals surface area contributed by atoms with Gasteiger partial charge in [0.25, 0.3) is 0 Å². The number of H-pyrrole nitrogens is 1. The SMILES string of the molecule is CCc1c[nH]c2ccccc12.CCc1ccc2c(c1)CCCC2.CCc1ccc2ccccc2c1.CCc1ccccc1. The van der Waals surface area contributed by atoms with Gasteiger partial charge in [0.15, 0.2) is 0 Å². The molecule has 6 aromatic rings. The van der Waals surface area contributed by atoms with E-state index in [-0.39, 0.29) is 0 Å². The zero-order chi connectivity index (χ0) is 30.3. The zero-order valence-corrected chi connectivity index (χ0v) is 26.7. The Morgan fingerprint density at radius 3 is 1.79 bits per heavy atom. The normalized spacial score (nSPS) is 11.7. The van der Waals surface area contributed by atoms with Gasteiger partial charge in [-0.25, -0.2) is 0 Å². The molecule has 1 aliphatic rings. The Kier molecular flexibility index (Phi) is 12.7. The minimum Gasteiger partial charge on any atom is -0.361 e. The molecule has 0 fully saturated rings. The molecule has 43 heavy (non-hydrogen) atoms. The summed E-state index contributed by atoms with van der Waals surface area (Å²) < 4.78 is 0. The highest BCUT2D eigenvalue weighted by atomic mass is 14.7. The summed E-state index contributed by atoms with van der Waals surface area (Å²) in [5, 5.41) is 4.03. The van der Waals surface area contributed by atoms with Crippen LogP contribution in [-0.4, -0.2) is 4.98 Å². The van der Waals surface area contributed by atoms with Gasteiger partial charge in [-0.2, -0.15) is 0 Å². The first-order valence-corrected chi connectivity index (χ1v) is 16.3. The molecular formula is C42H49N. The fourth-order valence-electron chi connectivity index (χ4n) is 5.60. The predicted octanol–water partition coefficient (Wildman–Crippen LogP) is 11.5. The molecule has 222 valence electrons. The van der Waals surface area contributed by atoms with Crippen LogP contribution in [0.2, 0.25) is 0 Å². The summed E-state index contributed by atoms with van der Waals surface area (Å²) in [7, 11) is 0. The number of benzene rings is 5. The predicted molar refractivity (Wildman–Crippen MR) is 189 cm³/mol. The van der Waals surface area contributed by atoms with Crippen LogP contribution in [-0.2, 0) is 38.5 Å². The van der Waals surface area contributed by atoms with Crippen molar-refractivity contribution in [3.8, 4) is 0 Å². The second kappa shape index (κ2) is 17.1. The number of rotatable bonds is 4. The highest BCUT2D eigenvalue weighted by Crippen LogP contribution is 2.22. The molecule has 0 bridgehead atoms. The summed E-state index contributed by atoms with van der Waals surface area (Å²) in [6, 6.07) is 41.0. The van der Waals surface area contributed by atoms with Crippen molar-refractivity contribution in [3.05, 3.63) is 155 Å². The van der Waals surface area contributed by atoms with Crippen LogP contribution in [0, 0.1) is 0 Å². The smallest absolute Gasteiger partial charge is 0.0456 e. The third-order valence-corrected chi connectivity index (χ3v) is 8.35. The standard InChI is InChI=1S/C12H16.C12H12.C10H11N.C8H10/c2*1-2-10-7-8-11-5-3-4-6-12(11)9-10;1-2-8-7-11-10-6-4-3-5-9(8)10;1-2-8-6-4-3-5-7-8/h7-9H,2-6H2,1H3;3-9H,2H2,1H3;3-7,11H,2H2,1H3;3-7H,2H2,1H3. The highest BCUT2D eigenvalue weighted by Gasteiger charge is 2.08. The molecule has 5 aromatic carbocycles. The van der Waals surface area contributed by atoms with E-state index in [2.05, 4.69) is 148 Å². The van der Waals surface area contributed by atoms with Crippen LogP contribution in [0.1, 0.15) is 73.9 Å². The lowest BCUT2D eigenvalue weighted by Crippen LogP contribution is -2.02. The van der Waals surface area contributed by atoms with E-state index >= 15 is 0 Å². The van der Waals surface area contributed by atoms with Crippen molar-refractivity contribution in [3.63, 3.8) is 0 Å². The van der Waals surface area contributed by atoms with Crippen molar-refractivity contribution in [2.24, 2.45) is 0 Å². The summed E-state index contributed by atoms with van der Waals surface area (Å²) in [4.78, 5) is 3.24. The second-order valence-corrected chi connectivity index (χ2v) is 11.3. The topological polar surface area (TPSA) is 15.8 Å². The molecule has 0 spiro atoms. The van der Waals surface area contributed by atoms with Crippen LogP contribution in [0.25, 0.3) is 21.7 Å². The van der Waals surface area contributed by atoms with Crippen molar-refractivity contribution in [1.82, 2.24) is 4.98 Å². The lowest BCUT2D eigenvalue weighted by atomic mass is 9.90. The van der Waals surface area contributed by atoms with Crippen molar-refractivity contribution >= 4 is 21.7 Å². The van der Waals surface area contributed by atoms with E-state index in [1.807, 2.05) is 6.07 Å². The molecule has 0 unspecified atom stereocenters. The maximum Gasteiger partial charge on any atom is 0.0456 e. The maximum atomic E-state index is 3.24. The van der Waals surface area contributed by atoms with Gasteiger partial charge in [0.05, 0.1) is 0 Å². The number of hydrogen-bond donors (Lipinski definition) is 1. The number of aryl methyl sites for hydroxylation is 6. The highest BCUT2D eigenvalue weighted by molar-refractivity contribution is 5.83. The lowest BCUT2D eigenvalue weighted by molar-refractivity contribution is 0.684. The Labute approximate surface area is 260 Å². The Bertz CT molecular complexity index is 1660. The first-order chi connectivity index (χ1) is 21.1. The third kappa shape index (κ3) is 9.45. The van der Waals surface area contributed by atoms with E-state index in [9.17, 15) is 0 Å². The van der Waals surface area contributed by atoms with Crippen molar-refractivity contribution in [2.45, 2.75) is 79.1 Å². The molecule has 7 rings (SSSR count). The Hall–Kier alpha value is -4.10. The number of nitrogens with one attached hydrogen (secondary N) is 1. The van der Waals surface area contributed by atoms with Gasteiger partial charge in [0.1, 0.15) is 0 Å². The van der Waals surface area contributed by atoms with Crippen LogP contribution in [0.3, 0.4) is 0 Å².